The maximum atomic E-state index is 14.1. The van der Waals surface area contributed by atoms with Crippen LogP contribution >= 0.6 is 33.9 Å². The number of esters is 1. The van der Waals surface area contributed by atoms with Crippen molar-refractivity contribution in [2.75, 3.05) is 12.4 Å². The van der Waals surface area contributed by atoms with Gasteiger partial charge in [-0.2, -0.15) is 0 Å². The predicted molar refractivity (Wildman–Crippen MR) is 98.1 cm³/mol. The Bertz CT molecular complexity index is 730. The summed E-state index contributed by atoms with van der Waals surface area (Å²) in [6.07, 6.45) is -0.145. The van der Waals surface area contributed by atoms with E-state index >= 15 is 0 Å². The molecule has 1 unspecified atom stereocenters. The molecule has 0 aliphatic heterocycles. The number of hydrogen-bond acceptors (Lipinski definition) is 5. The number of aliphatic hydroxyl groups excluding tert-OH is 1. The van der Waals surface area contributed by atoms with Crippen molar-refractivity contribution < 1.29 is 19.0 Å². The van der Waals surface area contributed by atoms with Crippen molar-refractivity contribution in [3.8, 4) is 0 Å². The van der Waals surface area contributed by atoms with E-state index in [4.69, 9.17) is 4.74 Å². The van der Waals surface area contributed by atoms with Gasteiger partial charge in [0.15, 0.2) is 0 Å². The van der Waals surface area contributed by atoms with Gasteiger partial charge in [0.1, 0.15) is 10.8 Å². The third kappa shape index (κ3) is 3.84. The fourth-order valence-electron chi connectivity index (χ4n) is 2.29. The SMILES string of the molecule is CCc1c(C(C)O)sc(Nc2ccc(I)cc2F)c1C(=O)OC. The fraction of sp³-hybridized carbons (Fsp3) is 0.312. The van der Waals surface area contributed by atoms with E-state index in [0.717, 1.165) is 9.13 Å². The minimum Gasteiger partial charge on any atom is -0.465 e. The normalized spacial score (nSPS) is 12.1. The van der Waals surface area contributed by atoms with Gasteiger partial charge >= 0.3 is 5.97 Å². The largest absolute Gasteiger partial charge is 0.465 e. The topological polar surface area (TPSA) is 58.6 Å². The van der Waals surface area contributed by atoms with E-state index in [9.17, 15) is 14.3 Å². The zero-order valence-corrected chi connectivity index (χ0v) is 15.9. The highest BCUT2D eigenvalue weighted by atomic mass is 127. The van der Waals surface area contributed by atoms with Gasteiger partial charge in [-0.1, -0.05) is 6.92 Å². The van der Waals surface area contributed by atoms with Crippen molar-refractivity contribution in [3.05, 3.63) is 43.6 Å². The lowest BCUT2D eigenvalue weighted by atomic mass is 10.1. The molecule has 0 fully saturated rings. The van der Waals surface area contributed by atoms with Crippen LogP contribution in [0.25, 0.3) is 0 Å². The minimum atomic E-state index is -0.713. The van der Waals surface area contributed by atoms with E-state index < -0.39 is 17.9 Å². The number of ether oxygens (including phenoxy) is 1. The molecule has 1 aromatic heterocycles. The van der Waals surface area contributed by atoms with E-state index in [-0.39, 0.29) is 5.69 Å². The third-order valence-electron chi connectivity index (χ3n) is 3.34. The van der Waals surface area contributed by atoms with E-state index in [1.165, 1.54) is 24.5 Å². The first-order valence-electron chi connectivity index (χ1n) is 7.03. The second-order valence-corrected chi connectivity index (χ2v) is 7.22. The number of hydrogen-bond donors (Lipinski definition) is 2. The second-order valence-electron chi connectivity index (χ2n) is 4.92. The van der Waals surface area contributed by atoms with Crippen LogP contribution in [0.3, 0.4) is 0 Å². The summed E-state index contributed by atoms with van der Waals surface area (Å²) in [6, 6.07) is 4.80. The van der Waals surface area contributed by atoms with Gasteiger partial charge in [-0.25, -0.2) is 9.18 Å². The first-order chi connectivity index (χ1) is 10.9. The highest BCUT2D eigenvalue weighted by molar-refractivity contribution is 14.1. The number of methoxy groups -OCH3 is 1. The second kappa shape index (κ2) is 7.59. The molecule has 1 atom stereocenters. The summed E-state index contributed by atoms with van der Waals surface area (Å²) in [5, 5.41) is 13.4. The van der Waals surface area contributed by atoms with E-state index in [0.29, 0.717) is 21.9 Å². The summed E-state index contributed by atoms with van der Waals surface area (Å²) in [5.74, 6) is -0.906. The number of anilines is 2. The van der Waals surface area contributed by atoms with Gasteiger partial charge < -0.3 is 15.2 Å². The van der Waals surface area contributed by atoms with Gasteiger partial charge in [0, 0.05) is 8.45 Å². The molecule has 2 rings (SSSR count). The van der Waals surface area contributed by atoms with E-state index in [2.05, 4.69) is 5.32 Å². The number of nitrogens with one attached hydrogen (secondary N) is 1. The zero-order chi connectivity index (χ0) is 17.1. The van der Waals surface area contributed by atoms with E-state index in [1.54, 1.807) is 19.1 Å². The number of carbonyl (C=O) groups is 1. The maximum Gasteiger partial charge on any atom is 0.341 e. The summed E-state index contributed by atoms with van der Waals surface area (Å²) in [4.78, 5) is 12.8. The molecular weight excluding hydrogens is 432 g/mol. The molecule has 0 saturated carbocycles. The van der Waals surface area contributed by atoms with Crippen molar-refractivity contribution in [1.29, 1.82) is 0 Å². The highest BCUT2D eigenvalue weighted by Crippen LogP contribution is 2.39. The third-order valence-corrected chi connectivity index (χ3v) is 5.33. The Morgan fingerprint density at radius 3 is 2.74 bits per heavy atom. The predicted octanol–water partition coefficient (Wildman–Crippen LogP) is 4.64. The molecule has 0 aliphatic rings. The first kappa shape index (κ1) is 18.2. The summed E-state index contributed by atoms with van der Waals surface area (Å²) in [7, 11) is 1.30. The minimum absolute atomic E-state index is 0.275. The van der Waals surface area contributed by atoms with Crippen molar-refractivity contribution in [2.24, 2.45) is 0 Å². The number of benzene rings is 1. The van der Waals surface area contributed by atoms with Crippen LogP contribution in [-0.2, 0) is 11.2 Å². The lowest BCUT2D eigenvalue weighted by molar-refractivity contribution is 0.0601. The highest BCUT2D eigenvalue weighted by Gasteiger charge is 2.25. The molecule has 23 heavy (non-hydrogen) atoms. The van der Waals surface area contributed by atoms with Gasteiger partial charge in [-0.3, -0.25) is 0 Å². The maximum absolute atomic E-state index is 14.1. The molecule has 124 valence electrons. The number of thiophene rings is 1. The van der Waals surface area contributed by atoms with Crippen molar-refractivity contribution in [3.63, 3.8) is 0 Å². The molecule has 4 nitrogen and oxygen atoms in total. The molecule has 0 amide bonds. The molecule has 7 heteroatoms. The summed E-state index contributed by atoms with van der Waals surface area (Å²) >= 11 is 3.27. The van der Waals surface area contributed by atoms with Crippen LogP contribution < -0.4 is 5.32 Å². The molecule has 0 bridgehead atoms. The molecular formula is C16H17FINO3S. The van der Waals surface area contributed by atoms with E-state index in [1.807, 2.05) is 29.5 Å². The lowest BCUT2D eigenvalue weighted by Gasteiger charge is -2.09. The van der Waals surface area contributed by atoms with Crippen LogP contribution in [0, 0.1) is 9.39 Å². The molecule has 0 spiro atoms. The smallest absolute Gasteiger partial charge is 0.341 e. The first-order valence-corrected chi connectivity index (χ1v) is 8.92. The molecule has 1 aromatic carbocycles. The summed E-state index contributed by atoms with van der Waals surface area (Å²) in [6.45, 7) is 3.54. The monoisotopic (exact) mass is 449 g/mol. The van der Waals surface area contributed by atoms with Crippen molar-refractivity contribution in [2.45, 2.75) is 26.4 Å². The van der Waals surface area contributed by atoms with Gasteiger partial charge in [0.25, 0.3) is 0 Å². The summed E-state index contributed by atoms with van der Waals surface area (Å²) < 4.78 is 19.7. The van der Waals surface area contributed by atoms with Crippen LogP contribution in [0.1, 0.15) is 40.8 Å². The van der Waals surface area contributed by atoms with Crippen molar-refractivity contribution in [1.82, 2.24) is 0 Å². The molecule has 0 aliphatic carbocycles. The fourth-order valence-corrected chi connectivity index (χ4v) is 3.97. The molecule has 2 N–H and O–H groups in total. The Balaban J connectivity index is 2.54. The molecule has 1 heterocycles. The van der Waals surface area contributed by atoms with Gasteiger partial charge in [0.2, 0.25) is 0 Å². The molecule has 0 saturated heterocycles. The average Bonchev–Trinajstić information content (AvgIpc) is 2.87. The number of aliphatic hydroxyl groups is 1. The number of rotatable bonds is 5. The number of halogens is 2. The van der Waals surface area contributed by atoms with Crippen LogP contribution in [0.15, 0.2) is 18.2 Å². The number of carbonyl (C=O) groups excluding carboxylic acids is 1. The van der Waals surface area contributed by atoms with Crippen LogP contribution in [0.2, 0.25) is 0 Å². The Kier molecular flexibility index (Phi) is 5.99. The lowest BCUT2D eigenvalue weighted by Crippen LogP contribution is -2.07. The zero-order valence-electron chi connectivity index (χ0n) is 12.9. The molecule has 2 aromatic rings. The standard InChI is InChI=1S/C16H17FINO3S/c1-4-10-13(16(21)22-3)15(23-14(10)8(2)20)19-12-6-5-9(18)7-11(12)17/h5-8,19-20H,4H2,1-3H3. The van der Waals surface area contributed by atoms with Crippen LogP contribution in [-0.4, -0.2) is 18.2 Å². The van der Waals surface area contributed by atoms with Gasteiger partial charge in [-0.15, -0.1) is 11.3 Å². The summed E-state index contributed by atoms with van der Waals surface area (Å²) in [5.41, 5.74) is 1.36. The Hall–Kier alpha value is -1.19. The van der Waals surface area contributed by atoms with Crippen LogP contribution in [0.5, 0.6) is 0 Å². The Morgan fingerprint density at radius 2 is 2.22 bits per heavy atom. The van der Waals surface area contributed by atoms with Gasteiger partial charge in [-0.05, 0) is 59.7 Å². The average molecular weight is 449 g/mol. The molecule has 0 radical (unpaired) electrons. The quantitative estimate of drug-likeness (QED) is 0.516. The van der Waals surface area contributed by atoms with Gasteiger partial charge in [0.05, 0.1) is 24.5 Å². The Morgan fingerprint density at radius 1 is 1.52 bits per heavy atom. The van der Waals surface area contributed by atoms with Crippen LogP contribution in [0.4, 0.5) is 15.1 Å². The Labute approximate surface area is 151 Å². The van der Waals surface area contributed by atoms with Crippen molar-refractivity contribution >= 4 is 50.6 Å².